The molecule has 0 N–H and O–H groups in total. The van der Waals surface area contributed by atoms with Crippen LogP contribution in [-0.4, -0.2) is 29.7 Å². The fourth-order valence-corrected chi connectivity index (χ4v) is 3.35. The summed E-state index contributed by atoms with van der Waals surface area (Å²) in [4.78, 5) is 0. The van der Waals surface area contributed by atoms with E-state index in [1.54, 1.807) is 19.3 Å². The molecule has 3 fully saturated rings. The third-order valence-corrected chi connectivity index (χ3v) is 4.88. The van der Waals surface area contributed by atoms with Gasteiger partial charge in [-0.15, -0.1) is 0 Å². The van der Waals surface area contributed by atoms with E-state index in [2.05, 4.69) is 13.8 Å². The van der Waals surface area contributed by atoms with Crippen molar-refractivity contribution in [3.05, 3.63) is 0 Å². The average Bonchev–Trinajstić information content (AvgIpc) is 2.75. The Morgan fingerprint density at radius 3 is 2.00 bits per heavy atom. The summed E-state index contributed by atoms with van der Waals surface area (Å²) in [6.07, 6.45) is 4.64. The topological polar surface area (TPSA) is 0 Å². The number of nitrogens with zero attached hydrogens (tertiary/aromatic N) is 1. The molecule has 2 saturated heterocycles. The molecule has 0 bridgehead atoms. The number of hydrogen-bond acceptors (Lipinski definition) is 0. The van der Waals surface area contributed by atoms with Crippen molar-refractivity contribution in [2.75, 3.05) is 13.1 Å². The Balaban J connectivity index is 1.83. The van der Waals surface area contributed by atoms with Gasteiger partial charge in [0, 0.05) is 11.8 Å². The van der Waals surface area contributed by atoms with Gasteiger partial charge in [-0.05, 0) is 26.7 Å². The zero-order valence-corrected chi connectivity index (χ0v) is 7.64. The van der Waals surface area contributed by atoms with Crippen LogP contribution in [0.25, 0.3) is 0 Å². The van der Waals surface area contributed by atoms with Gasteiger partial charge in [0.2, 0.25) is 0 Å². The molecule has 3 rings (SSSR count). The molecule has 11 heavy (non-hydrogen) atoms. The van der Waals surface area contributed by atoms with Gasteiger partial charge in [0.1, 0.15) is 12.1 Å². The lowest BCUT2D eigenvalue weighted by molar-refractivity contribution is -0.813. The molecular formula is C10H18N+. The first kappa shape index (κ1) is 6.47. The molecule has 62 valence electrons. The van der Waals surface area contributed by atoms with Gasteiger partial charge in [0.05, 0.1) is 13.1 Å². The van der Waals surface area contributed by atoms with Crippen LogP contribution >= 0.6 is 0 Å². The van der Waals surface area contributed by atoms with Crippen LogP contribution in [0, 0.1) is 5.41 Å². The van der Waals surface area contributed by atoms with E-state index in [4.69, 9.17) is 0 Å². The van der Waals surface area contributed by atoms with Gasteiger partial charge in [-0.25, -0.2) is 0 Å². The minimum absolute atomic E-state index is 0.874. The van der Waals surface area contributed by atoms with Gasteiger partial charge in [-0.3, -0.25) is 0 Å². The summed E-state index contributed by atoms with van der Waals surface area (Å²) in [5, 5.41) is 0. The highest BCUT2D eigenvalue weighted by Crippen LogP contribution is 2.60. The molecule has 2 heterocycles. The van der Waals surface area contributed by atoms with Gasteiger partial charge < -0.3 is 4.48 Å². The van der Waals surface area contributed by atoms with Crippen molar-refractivity contribution in [2.45, 2.75) is 45.2 Å². The quantitative estimate of drug-likeness (QED) is 0.366. The lowest BCUT2D eigenvalue weighted by Gasteiger charge is -2.12. The highest BCUT2D eigenvalue weighted by atomic mass is 15.6. The SMILES string of the molecule is CC1C(C)[N+]12CCC1(CC1)C2. The molecule has 0 aromatic rings. The molecule has 1 aliphatic carbocycles. The molecule has 1 saturated carbocycles. The van der Waals surface area contributed by atoms with Crippen LogP contribution in [0.3, 0.4) is 0 Å². The molecule has 0 amide bonds. The Hall–Kier alpha value is -0.0400. The fraction of sp³-hybridized carbons (Fsp3) is 1.00. The van der Waals surface area contributed by atoms with E-state index in [1.807, 2.05) is 0 Å². The average molecular weight is 152 g/mol. The summed E-state index contributed by atoms with van der Waals surface area (Å²) in [5.41, 5.74) is 0.874. The Morgan fingerprint density at radius 2 is 1.73 bits per heavy atom. The molecule has 0 aromatic carbocycles. The zero-order chi connectivity index (χ0) is 7.69. The molecule has 2 unspecified atom stereocenters. The van der Waals surface area contributed by atoms with E-state index in [9.17, 15) is 0 Å². The standard InChI is InChI=1S/C10H18N/c1-8-9(2)11(8)6-5-10(7-11)3-4-10/h8-9H,3-7H2,1-2H3/q+1. The van der Waals surface area contributed by atoms with E-state index in [-0.39, 0.29) is 0 Å². The van der Waals surface area contributed by atoms with Gasteiger partial charge in [-0.2, -0.15) is 0 Å². The van der Waals surface area contributed by atoms with Crippen LogP contribution in [0.15, 0.2) is 0 Å². The summed E-state index contributed by atoms with van der Waals surface area (Å²) in [5.74, 6) is 0. The van der Waals surface area contributed by atoms with Crippen LogP contribution in [0.2, 0.25) is 0 Å². The Morgan fingerprint density at radius 1 is 1.09 bits per heavy atom. The molecular weight excluding hydrogens is 134 g/mol. The first-order valence-corrected chi connectivity index (χ1v) is 5.05. The first-order valence-electron chi connectivity index (χ1n) is 5.05. The first-order chi connectivity index (χ1) is 5.19. The van der Waals surface area contributed by atoms with E-state index in [0.717, 1.165) is 17.5 Å². The van der Waals surface area contributed by atoms with Crippen molar-refractivity contribution < 1.29 is 4.48 Å². The van der Waals surface area contributed by atoms with Crippen LogP contribution < -0.4 is 0 Å². The lowest BCUT2D eigenvalue weighted by Crippen LogP contribution is -2.27. The van der Waals surface area contributed by atoms with E-state index in [0.29, 0.717) is 0 Å². The molecule has 2 spiro atoms. The molecule has 2 atom stereocenters. The zero-order valence-electron chi connectivity index (χ0n) is 7.64. The molecule has 2 aliphatic heterocycles. The number of quaternary nitrogens is 1. The van der Waals surface area contributed by atoms with Crippen molar-refractivity contribution in [3.8, 4) is 0 Å². The second-order valence-corrected chi connectivity index (χ2v) is 5.22. The van der Waals surface area contributed by atoms with Crippen molar-refractivity contribution >= 4 is 0 Å². The second kappa shape index (κ2) is 1.52. The summed E-state index contributed by atoms with van der Waals surface area (Å²) in [6, 6.07) is 1.99. The van der Waals surface area contributed by atoms with Crippen LogP contribution in [-0.2, 0) is 0 Å². The van der Waals surface area contributed by atoms with Gasteiger partial charge in [0.25, 0.3) is 0 Å². The van der Waals surface area contributed by atoms with Gasteiger partial charge >= 0.3 is 0 Å². The molecule has 3 aliphatic rings. The maximum Gasteiger partial charge on any atom is 0.139 e. The monoisotopic (exact) mass is 152 g/mol. The summed E-state index contributed by atoms with van der Waals surface area (Å²) >= 11 is 0. The van der Waals surface area contributed by atoms with Crippen molar-refractivity contribution in [1.82, 2.24) is 0 Å². The van der Waals surface area contributed by atoms with Crippen molar-refractivity contribution in [1.29, 1.82) is 0 Å². The maximum atomic E-state index is 2.44. The van der Waals surface area contributed by atoms with Crippen molar-refractivity contribution in [2.24, 2.45) is 5.41 Å². The summed E-state index contributed by atoms with van der Waals surface area (Å²) < 4.78 is 1.50. The highest BCUT2D eigenvalue weighted by molar-refractivity contribution is 5.01. The van der Waals surface area contributed by atoms with Crippen LogP contribution in [0.1, 0.15) is 33.1 Å². The van der Waals surface area contributed by atoms with Crippen LogP contribution in [0.4, 0.5) is 0 Å². The minimum Gasteiger partial charge on any atom is -0.309 e. The molecule has 0 aromatic heterocycles. The van der Waals surface area contributed by atoms with Gasteiger partial charge in [0.15, 0.2) is 0 Å². The largest absolute Gasteiger partial charge is 0.309 e. The summed E-state index contributed by atoms with van der Waals surface area (Å²) in [7, 11) is 0. The molecule has 1 nitrogen and oxygen atoms in total. The fourth-order valence-electron chi connectivity index (χ4n) is 3.35. The number of rotatable bonds is 0. The van der Waals surface area contributed by atoms with Crippen molar-refractivity contribution in [3.63, 3.8) is 0 Å². The number of hydrogen-bond donors (Lipinski definition) is 0. The Labute approximate surface area is 69.0 Å². The predicted molar refractivity (Wildman–Crippen MR) is 45.2 cm³/mol. The Kier molecular flexibility index (Phi) is 0.893. The third-order valence-electron chi connectivity index (χ3n) is 4.88. The van der Waals surface area contributed by atoms with Crippen LogP contribution in [0.5, 0.6) is 0 Å². The summed E-state index contributed by atoms with van der Waals surface area (Å²) in [6.45, 7) is 7.91. The molecule has 0 radical (unpaired) electrons. The second-order valence-electron chi connectivity index (χ2n) is 5.22. The molecule has 1 heteroatoms. The smallest absolute Gasteiger partial charge is 0.139 e. The Bertz CT molecular complexity index is 197. The van der Waals surface area contributed by atoms with E-state index < -0.39 is 0 Å². The predicted octanol–water partition coefficient (Wildman–Crippen LogP) is 1.78. The minimum atomic E-state index is 0.874. The normalized spacial score (nSPS) is 57.3. The maximum absolute atomic E-state index is 2.44. The third kappa shape index (κ3) is 0.618. The van der Waals surface area contributed by atoms with E-state index >= 15 is 0 Å². The highest BCUT2D eigenvalue weighted by Gasteiger charge is 2.69. The lowest BCUT2D eigenvalue weighted by atomic mass is 10.1. The van der Waals surface area contributed by atoms with Gasteiger partial charge in [-0.1, -0.05) is 0 Å². The van der Waals surface area contributed by atoms with E-state index in [1.165, 1.54) is 17.6 Å².